The van der Waals surface area contributed by atoms with Gasteiger partial charge in [-0.15, -0.1) is 0 Å². The van der Waals surface area contributed by atoms with Crippen LogP contribution in [0.15, 0.2) is 30.3 Å². The summed E-state index contributed by atoms with van der Waals surface area (Å²) >= 11 is 0. The number of benzene rings is 1. The lowest BCUT2D eigenvalue weighted by molar-refractivity contribution is -0.387. The molecule has 1 aromatic carbocycles. The maximum atomic E-state index is 13.1. The predicted molar refractivity (Wildman–Crippen MR) is 91.8 cm³/mol. The minimum atomic E-state index is -5.81. The van der Waals surface area contributed by atoms with Gasteiger partial charge in [-0.2, -0.15) is 26.3 Å². The number of halogens is 6. The Bertz CT molecular complexity index is 655. The van der Waals surface area contributed by atoms with Crippen molar-refractivity contribution in [3.05, 3.63) is 35.9 Å². The number of carbonyl (C=O) groups excluding carboxylic acids is 1. The van der Waals surface area contributed by atoms with Crippen molar-refractivity contribution in [1.82, 2.24) is 5.32 Å². The van der Waals surface area contributed by atoms with E-state index in [-0.39, 0.29) is 25.5 Å². The van der Waals surface area contributed by atoms with Gasteiger partial charge in [-0.05, 0) is 31.2 Å². The fraction of sp³-hybridized carbons (Fsp3) is 0.632. The highest BCUT2D eigenvalue weighted by Crippen LogP contribution is 2.51. The molecule has 1 saturated carbocycles. The predicted octanol–water partition coefficient (Wildman–Crippen LogP) is 4.29. The second-order valence-corrected chi connectivity index (χ2v) is 7.24. The molecule has 164 valence electrons. The second-order valence-electron chi connectivity index (χ2n) is 7.24. The molecule has 1 fully saturated rings. The third-order valence-corrected chi connectivity index (χ3v) is 5.27. The van der Waals surface area contributed by atoms with E-state index in [1.165, 1.54) is 6.92 Å². The van der Waals surface area contributed by atoms with E-state index < -0.39 is 48.7 Å². The number of rotatable bonds is 6. The number of nitrogens with one attached hydrogen (secondary N) is 1. The van der Waals surface area contributed by atoms with Gasteiger partial charge in [0, 0.05) is 18.9 Å². The molecule has 0 radical (unpaired) electrons. The van der Waals surface area contributed by atoms with Crippen LogP contribution in [0.1, 0.15) is 44.2 Å². The number of alkyl halides is 6. The zero-order chi connectivity index (χ0) is 21.9. The summed E-state index contributed by atoms with van der Waals surface area (Å²) in [7, 11) is 0. The zero-order valence-corrected chi connectivity index (χ0v) is 15.7. The third-order valence-electron chi connectivity index (χ3n) is 5.27. The molecule has 10 heteroatoms. The van der Waals surface area contributed by atoms with Gasteiger partial charge in [0.2, 0.25) is 0 Å². The molecular formula is C19H23F6NO3. The molecule has 0 saturated heterocycles. The topological polar surface area (TPSA) is 58.6 Å². The first kappa shape index (κ1) is 23.5. The van der Waals surface area contributed by atoms with E-state index in [0.29, 0.717) is 0 Å². The van der Waals surface area contributed by atoms with Crippen LogP contribution in [0.4, 0.5) is 26.3 Å². The van der Waals surface area contributed by atoms with Gasteiger partial charge >= 0.3 is 18.3 Å². The molecule has 2 rings (SSSR count). The van der Waals surface area contributed by atoms with Crippen molar-refractivity contribution < 1.29 is 41.0 Å². The third kappa shape index (κ3) is 5.42. The maximum absolute atomic E-state index is 13.1. The molecule has 1 atom stereocenters. The van der Waals surface area contributed by atoms with Gasteiger partial charge < -0.3 is 15.2 Å². The van der Waals surface area contributed by atoms with E-state index in [2.05, 4.69) is 5.32 Å². The van der Waals surface area contributed by atoms with Crippen LogP contribution < -0.4 is 5.32 Å². The van der Waals surface area contributed by atoms with Crippen molar-refractivity contribution in [3.63, 3.8) is 0 Å². The van der Waals surface area contributed by atoms with Crippen molar-refractivity contribution in [2.24, 2.45) is 5.92 Å². The minimum Gasteiger partial charge on any atom is -0.464 e. The number of hydrogen-bond acceptors (Lipinski definition) is 4. The van der Waals surface area contributed by atoms with Gasteiger partial charge in [-0.3, -0.25) is 4.79 Å². The Labute approximate surface area is 164 Å². The highest BCUT2D eigenvalue weighted by Gasteiger charge is 2.73. The summed E-state index contributed by atoms with van der Waals surface area (Å²) in [6.07, 6.45) is -12.5. The van der Waals surface area contributed by atoms with Crippen molar-refractivity contribution >= 4 is 5.97 Å². The van der Waals surface area contributed by atoms with Gasteiger partial charge in [-0.1, -0.05) is 30.3 Å². The van der Waals surface area contributed by atoms with Gasteiger partial charge in [-0.25, -0.2) is 0 Å². The smallest absolute Gasteiger partial charge is 0.426 e. The summed E-state index contributed by atoms with van der Waals surface area (Å²) in [4.78, 5) is 11.1. The summed E-state index contributed by atoms with van der Waals surface area (Å²) in [6, 6.07) is 8.04. The molecule has 1 aliphatic rings. The molecule has 0 heterocycles. The molecule has 0 aliphatic heterocycles. The highest BCUT2D eigenvalue weighted by atomic mass is 19.4. The quantitative estimate of drug-likeness (QED) is 0.525. The number of ether oxygens (including phenoxy) is 1. The lowest BCUT2D eigenvalue weighted by Crippen LogP contribution is -2.62. The van der Waals surface area contributed by atoms with Crippen molar-refractivity contribution in [1.29, 1.82) is 0 Å². The molecule has 1 aliphatic carbocycles. The highest BCUT2D eigenvalue weighted by molar-refractivity contribution is 5.65. The number of hydrogen-bond donors (Lipinski definition) is 2. The van der Waals surface area contributed by atoms with E-state index in [0.717, 1.165) is 5.56 Å². The normalized spacial score (nSPS) is 22.2. The Balaban J connectivity index is 2.07. The molecule has 0 spiro atoms. The Hall–Kier alpha value is -1.81. The molecule has 0 amide bonds. The van der Waals surface area contributed by atoms with Gasteiger partial charge in [0.15, 0.2) is 0 Å². The lowest BCUT2D eigenvalue weighted by Gasteiger charge is -2.42. The minimum absolute atomic E-state index is 0.0164. The van der Waals surface area contributed by atoms with Crippen molar-refractivity contribution in [3.8, 4) is 0 Å². The Morgan fingerprint density at radius 2 is 1.59 bits per heavy atom. The molecule has 0 bridgehead atoms. The van der Waals surface area contributed by atoms with Crippen LogP contribution in [0.3, 0.4) is 0 Å². The van der Waals surface area contributed by atoms with E-state index in [1.807, 2.05) is 0 Å². The summed E-state index contributed by atoms with van der Waals surface area (Å²) in [6.45, 7) is 1.22. The fourth-order valence-electron chi connectivity index (χ4n) is 3.71. The largest absolute Gasteiger partial charge is 0.464 e. The van der Waals surface area contributed by atoms with Crippen LogP contribution in [0.2, 0.25) is 0 Å². The molecule has 1 unspecified atom stereocenters. The first-order valence-electron chi connectivity index (χ1n) is 9.16. The molecule has 1 aromatic rings. The Morgan fingerprint density at radius 3 is 2.03 bits per heavy atom. The Kier molecular flexibility index (Phi) is 7.21. The summed E-state index contributed by atoms with van der Waals surface area (Å²) in [5.74, 6) is -2.47. The molecule has 29 heavy (non-hydrogen) atoms. The first-order valence-corrected chi connectivity index (χ1v) is 9.16. The second kappa shape index (κ2) is 8.91. The van der Waals surface area contributed by atoms with Gasteiger partial charge in [0.05, 0.1) is 6.04 Å². The number of esters is 1. The zero-order valence-electron chi connectivity index (χ0n) is 15.7. The van der Waals surface area contributed by atoms with E-state index in [4.69, 9.17) is 4.74 Å². The average Bonchev–Trinajstić information content (AvgIpc) is 2.63. The summed E-state index contributed by atoms with van der Waals surface area (Å²) in [5, 5.41) is 12.7. The van der Waals surface area contributed by atoms with Crippen LogP contribution in [0, 0.1) is 5.92 Å². The van der Waals surface area contributed by atoms with E-state index >= 15 is 0 Å². The van der Waals surface area contributed by atoms with Gasteiger partial charge in [0.1, 0.15) is 6.61 Å². The first-order chi connectivity index (χ1) is 13.4. The van der Waals surface area contributed by atoms with Gasteiger partial charge in [0.25, 0.3) is 5.60 Å². The average molecular weight is 427 g/mol. The monoisotopic (exact) mass is 427 g/mol. The Morgan fingerprint density at radius 1 is 1.07 bits per heavy atom. The van der Waals surface area contributed by atoms with Crippen molar-refractivity contribution in [2.45, 2.75) is 62.6 Å². The van der Waals surface area contributed by atoms with Crippen LogP contribution in [0.25, 0.3) is 0 Å². The molecule has 0 aromatic heterocycles. The van der Waals surface area contributed by atoms with E-state index in [9.17, 15) is 36.2 Å². The lowest BCUT2D eigenvalue weighted by atomic mass is 9.74. The van der Waals surface area contributed by atoms with Crippen LogP contribution in [-0.2, 0) is 9.53 Å². The summed E-state index contributed by atoms with van der Waals surface area (Å²) < 4.78 is 83.4. The number of carbonyl (C=O) groups is 1. The number of aliphatic hydroxyl groups is 1. The standard InChI is InChI=1S/C19H23F6NO3/c1-12(27)29-11-16(13-5-3-2-4-6-13)26-15-9-7-14(8-10-15)17(28,18(20,21)22)19(23,24)25/h2-6,14-16,26,28H,7-11H2,1H3. The summed E-state index contributed by atoms with van der Waals surface area (Å²) in [5.41, 5.74) is -3.94. The molecule has 2 N–H and O–H groups in total. The molecular weight excluding hydrogens is 404 g/mol. The van der Waals surface area contributed by atoms with Crippen molar-refractivity contribution in [2.75, 3.05) is 6.61 Å². The SMILES string of the molecule is CC(=O)OCC(NC1CCC(C(O)(C(F)(F)F)C(F)(F)F)CC1)c1ccccc1. The van der Waals surface area contributed by atoms with Crippen LogP contribution in [0.5, 0.6) is 0 Å². The fourth-order valence-corrected chi connectivity index (χ4v) is 3.71. The van der Waals surface area contributed by atoms with Crippen LogP contribution in [-0.4, -0.2) is 41.7 Å². The maximum Gasteiger partial charge on any atom is 0.426 e. The van der Waals surface area contributed by atoms with E-state index in [1.54, 1.807) is 30.3 Å². The van der Waals surface area contributed by atoms with Crippen LogP contribution >= 0.6 is 0 Å². The molecule has 4 nitrogen and oxygen atoms in total.